The summed E-state index contributed by atoms with van der Waals surface area (Å²) >= 11 is 0. The van der Waals surface area contributed by atoms with Gasteiger partial charge in [0.25, 0.3) is 5.91 Å². The molecule has 0 bridgehead atoms. The lowest BCUT2D eigenvalue weighted by Crippen LogP contribution is -2.46. The second-order valence-corrected chi connectivity index (χ2v) is 5.81. The summed E-state index contributed by atoms with van der Waals surface area (Å²) in [4.78, 5) is 23.9. The SMILES string of the molecule is Cc1c(N)cccc1C(=O)OC(C)C(=O)NC(C)(C)C. The Morgan fingerprint density at radius 1 is 1.30 bits per heavy atom. The number of rotatable bonds is 3. The zero-order valence-corrected chi connectivity index (χ0v) is 12.6. The summed E-state index contributed by atoms with van der Waals surface area (Å²) in [5, 5.41) is 2.76. The van der Waals surface area contributed by atoms with Gasteiger partial charge in [-0.3, -0.25) is 4.79 Å². The molecule has 0 aliphatic carbocycles. The number of hydrogen-bond donors (Lipinski definition) is 2. The Balaban J connectivity index is 2.76. The fourth-order valence-corrected chi connectivity index (χ4v) is 1.62. The van der Waals surface area contributed by atoms with Gasteiger partial charge in [-0.15, -0.1) is 0 Å². The average molecular weight is 278 g/mol. The van der Waals surface area contributed by atoms with Crippen molar-refractivity contribution in [2.45, 2.75) is 46.3 Å². The maximum atomic E-state index is 12.0. The van der Waals surface area contributed by atoms with Gasteiger partial charge in [0.05, 0.1) is 5.56 Å². The van der Waals surface area contributed by atoms with Crippen molar-refractivity contribution in [1.82, 2.24) is 5.32 Å². The van der Waals surface area contributed by atoms with E-state index in [9.17, 15) is 9.59 Å². The third-order valence-electron chi connectivity index (χ3n) is 2.75. The summed E-state index contributed by atoms with van der Waals surface area (Å²) < 4.78 is 5.17. The van der Waals surface area contributed by atoms with Crippen molar-refractivity contribution in [3.63, 3.8) is 0 Å². The fraction of sp³-hybridized carbons (Fsp3) is 0.467. The highest BCUT2D eigenvalue weighted by atomic mass is 16.5. The fourth-order valence-electron chi connectivity index (χ4n) is 1.62. The Hall–Kier alpha value is -2.04. The van der Waals surface area contributed by atoms with Crippen LogP contribution >= 0.6 is 0 Å². The minimum absolute atomic E-state index is 0.326. The predicted molar refractivity (Wildman–Crippen MR) is 78.4 cm³/mol. The Morgan fingerprint density at radius 3 is 2.45 bits per heavy atom. The third kappa shape index (κ3) is 4.26. The Morgan fingerprint density at radius 2 is 1.90 bits per heavy atom. The molecule has 1 aromatic rings. The molecule has 20 heavy (non-hydrogen) atoms. The van der Waals surface area contributed by atoms with E-state index >= 15 is 0 Å². The molecule has 0 aliphatic rings. The van der Waals surface area contributed by atoms with Crippen LogP contribution in [0.2, 0.25) is 0 Å². The standard InChI is InChI=1S/C15H22N2O3/c1-9-11(7-6-8-12(9)16)14(19)20-10(2)13(18)17-15(3,4)5/h6-8,10H,16H2,1-5H3,(H,17,18). The van der Waals surface area contributed by atoms with Crippen LogP contribution in [0, 0.1) is 6.92 Å². The molecule has 1 unspecified atom stereocenters. The molecule has 5 heteroatoms. The first-order chi connectivity index (χ1) is 9.11. The van der Waals surface area contributed by atoms with Crippen LogP contribution in [0.3, 0.4) is 0 Å². The summed E-state index contributed by atoms with van der Waals surface area (Å²) in [6.45, 7) is 8.87. The van der Waals surface area contributed by atoms with Crippen molar-refractivity contribution in [3.05, 3.63) is 29.3 Å². The molecule has 0 fully saturated rings. The quantitative estimate of drug-likeness (QED) is 0.655. The molecule has 0 aromatic heterocycles. The van der Waals surface area contributed by atoms with Gasteiger partial charge >= 0.3 is 5.97 Å². The number of carbonyl (C=O) groups excluding carboxylic acids is 2. The van der Waals surface area contributed by atoms with E-state index in [0.717, 1.165) is 0 Å². The Labute approximate surface area is 119 Å². The molecule has 0 aliphatic heterocycles. The Kier molecular flexibility index (Phi) is 4.76. The van der Waals surface area contributed by atoms with E-state index in [1.807, 2.05) is 20.8 Å². The topological polar surface area (TPSA) is 81.4 Å². The molecule has 1 aromatic carbocycles. The Bertz CT molecular complexity index is 518. The number of ether oxygens (including phenoxy) is 1. The molecule has 110 valence electrons. The monoisotopic (exact) mass is 278 g/mol. The normalized spacial score (nSPS) is 12.7. The maximum Gasteiger partial charge on any atom is 0.339 e. The van der Waals surface area contributed by atoms with E-state index in [-0.39, 0.29) is 11.4 Å². The number of amides is 1. The lowest BCUT2D eigenvalue weighted by atomic mass is 10.1. The highest BCUT2D eigenvalue weighted by molar-refractivity contribution is 5.94. The average Bonchev–Trinajstić information content (AvgIpc) is 2.30. The number of hydrogen-bond acceptors (Lipinski definition) is 4. The van der Waals surface area contributed by atoms with Crippen LogP contribution in [0.15, 0.2) is 18.2 Å². The van der Waals surface area contributed by atoms with E-state index < -0.39 is 12.1 Å². The lowest BCUT2D eigenvalue weighted by Gasteiger charge is -2.23. The second kappa shape index (κ2) is 5.94. The number of benzene rings is 1. The molecule has 1 rings (SSSR count). The van der Waals surface area contributed by atoms with Gasteiger partial charge in [0, 0.05) is 11.2 Å². The highest BCUT2D eigenvalue weighted by Gasteiger charge is 2.23. The van der Waals surface area contributed by atoms with Crippen LogP contribution in [0.25, 0.3) is 0 Å². The van der Waals surface area contributed by atoms with Crippen molar-refractivity contribution in [1.29, 1.82) is 0 Å². The predicted octanol–water partition coefficient (Wildman–Crippen LogP) is 2.04. The number of esters is 1. The van der Waals surface area contributed by atoms with E-state index in [1.165, 1.54) is 0 Å². The van der Waals surface area contributed by atoms with Crippen molar-refractivity contribution >= 4 is 17.6 Å². The smallest absolute Gasteiger partial charge is 0.339 e. The molecule has 0 spiro atoms. The van der Waals surface area contributed by atoms with Crippen molar-refractivity contribution in [2.24, 2.45) is 0 Å². The van der Waals surface area contributed by atoms with E-state index in [1.54, 1.807) is 32.0 Å². The van der Waals surface area contributed by atoms with Gasteiger partial charge < -0.3 is 15.8 Å². The third-order valence-corrected chi connectivity index (χ3v) is 2.75. The molecule has 0 saturated heterocycles. The van der Waals surface area contributed by atoms with Crippen LogP contribution in [-0.2, 0) is 9.53 Å². The van der Waals surface area contributed by atoms with E-state index in [0.29, 0.717) is 16.8 Å². The van der Waals surface area contributed by atoms with Crippen LogP contribution in [0.5, 0.6) is 0 Å². The van der Waals surface area contributed by atoms with Gasteiger partial charge in [0.15, 0.2) is 6.10 Å². The van der Waals surface area contributed by atoms with Gasteiger partial charge in [-0.05, 0) is 52.3 Å². The van der Waals surface area contributed by atoms with Gasteiger partial charge in [-0.1, -0.05) is 6.07 Å². The van der Waals surface area contributed by atoms with Crippen LogP contribution in [-0.4, -0.2) is 23.5 Å². The minimum Gasteiger partial charge on any atom is -0.449 e. The van der Waals surface area contributed by atoms with Crippen LogP contribution in [0.1, 0.15) is 43.6 Å². The number of nitrogen functional groups attached to an aromatic ring is 1. The zero-order chi connectivity index (χ0) is 15.5. The van der Waals surface area contributed by atoms with Gasteiger partial charge in [0.1, 0.15) is 0 Å². The largest absolute Gasteiger partial charge is 0.449 e. The molecule has 5 nitrogen and oxygen atoms in total. The number of nitrogens with one attached hydrogen (secondary N) is 1. The first-order valence-corrected chi connectivity index (χ1v) is 6.50. The molecule has 0 heterocycles. The summed E-state index contributed by atoms with van der Waals surface area (Å²) in [6.07, 6.45) is -0.859. The van der Waals surface area contributed by atoms with Crippen molar-refractivity contribution in [3.8, 4) is 0 Å². The first kappa shape index (κ1) is 16.0. The maximum absolute atomic E-state index is 12.0. The summed E-state index contributed by atoms with van der Waals surface area (Å²) in [7, 11) is 0. The number of carbonyl (C=O) groups is 2. The molecule has 1 atom stereocenters. The summed E-state index contributed by atoms with van der Waals surface area (Å²) in [6, 6.07) is 5.02. The molecule has 0 saturated carbocycles. The first-order valence-electron chi connectivity index (χ1n) is 6.50. The van der Waals surface area contributed by atoms with Gasteiger partial charge in [0.2, 0.25) is 0 Å². The van der Waals surface area contributed by atoms with Crippen LogP contribution in [0.4, 0.5) is 5.69 Å². The summed E-state index contributed by atoms with van der Waals surface area (Å²) in [5.74, 6) is -0.876. The van der Waals surface area contributed by atoms with Crippen molar-refractivity contribution in [2.75, 3.05) is 5.73 Å². The molecule has 3 N–H and O–H groups in total. The highest BCUT2D eigenvalue weighted by Crippen LogP contribution is 2.17. The van der Waals surface area contributed by atoms with E-state index in [2.05, 4.69) is 5.32 Å². The second-order valence-electron chi connectivity index (χ2n) is 5.81. The lowest BCUT2D eigenvalue weighted by molar-refractivity contribution is -0.130. The number of nitrogens with two attached hydrogens (primary N) is 1. The summed E-state index contributed by atoms with van der Waals surface area (Å²) in [5.41, 5.74) is 6.92. The number of anilines is 1. The molecule has 0 radical (unpaired) electrons. The van der Waals surface area contributed by atoms with Gasteiger partial charge in [-0.25, -0.2) is 4.79 Å². The zero-order valence-electron chi connectivity index (χ0n) is 12.6. The van der Waals surface area contributed by atoms with Crippen molar-refractivity contribution < 1.29 is 14.3 Å². The molecular formula is C15H22N2O3. The molecule has 1 amide bonds. The van der Waals surface area contributed by atoms with Crippen LogP contribution < -0.4 is 11.1 Å². The minimum atomic E-state index is -0.859. The molecular weight excluding hydrogens is 256 g/mol. The van der Waals surface area contributed by atoms with Gasteiger partial charge in [-0.2, -0.15) is 0 Å². The van der Waals surface area contributed by atoms with E-state index in [4.69, 9.17) is 10.5 Å².